The molecule has 3 rings (SSSR count). The quantitative estimate of drug-likeness (QED) is 0.850. The smallest absolute Gasteiger partial charge is 0.273 e. The summed E-state index contributed by atoms with van der Waals surface area (Å²) in [5.74, 6) is 0.906. The summed E-state index contributed by atoms with van der Waals surface area (Å²) in [6.45, 7) is 1.95. The van der Waals surface area contributed by atoms with Gasteiger partial charge in [0, 0.05) is 18.5 Å². The van der Waals surface area contributed by atoms with E-state index in [0.717, 1.165) is 38.8 Å². The summed E-state index contributed by atoms with van der Waals surface area (Å²) in [5.41, 5.74) is 0.419. The van der Waals surface area contributed by atoms with Crippen LogP contribution in [0.1, 0.15) is 54.4 Å². The third-order valence-corrected chi connectivity index (χ3v) is 3.84. The predicted octanol–water partition coefficient (Wildman–Crippen LogP) is 1.42. The van der Waals surface area contributed by atoms with Crippen LogP contribution >= 0.6 is 0 Å². The van der Waals surface area contributed by atoms with E-state index in [4.69, 9.17) is 4.42 Å². The number of amides is 1. The molecular formula is C13H19N3O2. The fourth-order valence-electron chi connectivity index (χ4n) is 2.45. The summed E-state index contributed by atoms with van der Waals surface area (Å²) in [5, 5.41) is 6.29. The molecule has 1 aromatic heterocycles. The number of nitrogens with zero attached hydrogens (tertiary/aromatic N) is 1. The zero-order chi connectivity index (χ0) is 12.4. The van der Waals surface area contributed by atoms with E-state index < -0.39 is 0 Å². The van der Waals surface area contributed by atoms with Gasteiger partial charge in [-0.05, 0) is 38.6 Å². The van der Waals surface area contributed by atoms with E-state index in [1.54, 1.807) is 0 Å². The van der Waals surface area contributed by atoms with Crippen molar-refractivity contribution in [3.63, 3.8) is 0 Å². The van der Waals surface area contributed by atoms with Crippen LogP contribution in [0.5, 0.6) is 0 Å². The number of nitrogens with one attached hydrogen (secondary N) is 2. The number of rotatable bonds is 3. The minimum atomic E-state index is -0.0986. The molecule has 2 fully saturated rings. The van der Waals surface area contributed by atoms with Crippen LogP contribution in [0.2, 0.25) is 0 Å². The molecule has 1 saturated heterocycles. The van der Waals surface area contributed by atoms with Gasteiger partial charge in [-0.1, -0.05) is 0 Å². The van der Waals surface area contributed by atoms with Gasteiger partial charge in [0.15, 0.2) is 11.6 Å². The lowest BCUT2D eigenvalue weighted by molar-refractivity contribution is 0.0912. The topological polar surface area (TPSA) is 67.2 Å². The van der Waals surface area contributed by atoms with Gasteiger partial charge in [0.2, 0.25) is 0 Å². The van der Waals surface area contributed by atoms with Gasteiger partial charge in [-0.3, -0.25) is 4.79 Å². The molecule has 1 unspecified atom stereocenters. The molecule has 2 N–H and O–H groups in total. The highest BCUT2D eigenvalue weighted by Crippen LogP contribution is 2.23. The highest BCUT2D eigenvalue weighted by Gasteiger charge is 2.24. The van der Waals surface area contributed by atoms with E-state index >= 15 is 0 Å². The molecule has 1 aromatic rings. The van der Waals surface area contributed by atoms with Gasteiger partial charge >= 0.3 is 0 Å². The maximum absolute atomic E-state index is 11.9. The molecule has 1 amide bonds. The van der Waals surface area contributed by atoms with Crippen molar-refractivity contribution in [3.05, 3.63) is 17.8 Å². The Labute approximate surface area is 106 Å². The lowest BCUT2D eigenvalue weighted by atomic mass is 9.93. The van der Waals surface area contributed by atoms with Gasteiger partial charge in [-0.15, -0.1) is 0 Å². The number of hydrogen-bond donors (Lipinski definition) is 2. The average Bonchev–Trinajstić information content (AvgIpc) is 2.84. The van der Waals surface area contributed by atoms with E-state index in [9.17, 15) is 4.79 Å². The van der Waals surface area contributed by atoms with Crippen LogP contribution < -0.4 is 10.6 Å². The minimum Gasteiger partial charge on any atom is -0.448 e. The Bertz CT molecular complexity index is 420. The maximum atomic E-state index is 11.9. The summed E-state index contributed by atoms with van der Waals surface area (Å²) in [4.78, 5) is 16.2. The van der Waals surface area contributed by atoms with E-state index in [1.807, 2.05) is 0 Å². The molecule has 5 heteroatoms. The monoisotopic (exact) mass is 249 g/mol. The summed E-state index contributed by atoms with van der Waals surface area (Å²) in [6.07, 6.45) is 7.08. The molecule has 0 bridgehead atoms. The Balaban J connectivity index is 1.62. The van der Waals surface area contributed by atoms with Crippen molar-refractivity contribution >= 4 is 5.91 Å². The normalized spacial score (nSPS) is 24.6. The first-order valence-corrected chi connectivity index (χ1v) is 6.80. The Hall–Kier alpha value is -1.36. The van der Waals surface area contributed by atoms with E-state index in [0.29, 0.717) is 23.5 Å². The van der Waals surface area contributed by atoms with Gasteiger partial charge in [0.1, 0.15) is 6.26 Å². The third kappa shape index (κ3) is 2.41. The average molecular weight is 249 g/mol. The number of aromatic nitrogens is 1. The van der Waals surface area contributed by atoms with Gasteiger partial charge in [-0.25, -0.2) is 4.98 Å². The first-order valence-electron chi connectivity index (χ1n) is 6.80. The number of hydrogen-bond acceptors (Lipinski definition) is 4. The summed E-state index contributed by atoms with van der Waals surface area (Å²) in [6, 6.07) is 0.342. The Kier molecular flexibility index (Phi) is 3.32. The Morgan fingerprint density at radius 1 is 1.39 bits per heavy atom. The predicted molar refractivity (Wildman–Crippen MR) is 66.5 cm³/mol. The molecule has 1 saturated carbocycles. The van der Waals surface area contributed by atoms with Crippen LogP contribution in [-0.4, -0.2) is 30.0 Å². The number of carbonyl (C=O) groups is 1. The van der Waals surface area contributed by atoms with Gasteiger partial charge in [0.25, 0.3) is 5.91 Å². The number of oxazole rings is 1. The molecule has 1 aliphatic heterocycles. The molecule has 1 aliphatic carbocycles. The van der Waals surface area contributed by atoms with E-state index in [-0.39, 0.29) is 5.91 Å². The molecule has 98 valence electrons. The first-order chi connectivity index (χ1) is 8.83. The molecule has 2 heterocycles. The minimum absolute atomic E-state index is 0.0986. The third-order valence-electron chi connectivity index (χ3n) is 3.84. The zero-order valence-electron chi connectivity index (χ0n) is 10.4. The van der Waals surface area contributed by atoms with Crippen molar-refractivity contribution in [1.82, 2.24) is 15.6 Å². The molecule has 1 atom stereocenters. The molecule has 18 heavy (non-hydrogen) atoms. The fourth-order valence-corrected chi connectivity index (χ4v) is 2.45. The number of carbonyl (C=O) groups excluding carboxylic acids is 1. The standard InChI is InChI=1S/C13H19N3O2/c17-12(15-10-4-1-5-10)11-8-18-13(16-11)9-3-2-6-14-7-9/h8-10,14H,1-7H2,(H,15,17). The molecule has 0 spiro atoms. The highest BCUT2D eigenvalue weighted by molar-refractivity contribution is 5.92. The van der Waals surface area contributed by atoms with E-state index in [1.165, 1.54) is 12.7 Å². The van der Waals surface area contributed by atoms with Crippen molar-refractivity contribution in [2.75, 3.05) is 13.1 Å². The van der Waals surface area contributed by atoms with Crippen molar-refractivity contribution in [3.8, 4) is 0 Å². The van der Waals surface area contributed by atoms with Crippen LogP contribution in [0.4, 0.5) is 0 Å². The molecule has 0 radical (unpaired) electrons. The molecule has 5 nitrogen and oxygen atoms in total. The van der Waals surface area contributed by atoms with Gasteiger partial charge in [-0.2, -0.15) is 0 Å². The van der Waals surface area contributed by atoms with Crippen molar-refractivity contribution in [2.45, 2.75) is 44.1 Å². The van der Waals surface area contributed by atoms with Gasteiger partial charge in [0.05, 0.1) is 0 Å². The summed E-state index contributed by atoms with van der Waals surface area (Å²) >= 11 is 0. The SMILES string of the molecule is O=C(NC1CCC1)c1coc(C2CCCNC2)n1. The second kappa shape index (κ2) is 5.10. The van der Waals surface area contributed by atoms with Crippen LogP contribution in [0.15, 0.2) is 10.7 Å². The molecule has 0 aromatic carbocycles. The highest BCUT2D eigenvalue weighted by atomic mass is 16.3. The summed E-state index contributed by atoms with van der Waals surface area (Å²) < 4.78 is 5.45. The lowest BCUT2D eigenvalue weighted by Crippen LogP contribution is -2.39. The van der Waals surface area contributed by atoms with Crippen LogP contribution in [0.25, 0.3) is 0 Å². The van der Waals surface area contributed by atoms with E-state index in [2.05, 4.69) is 15.6 Å². The van der Waals surface area contributed by atoms with Crippen molar-refractivity contribution in [1.29, 1.82) is 0 Å². The second-order valence-electron chi connectivity index (χ2n) is 5.22. The summed E-state index contributed by atoms with van der Waals surface area (Å²) in [7, 11) is 0. The molecule has 2 aliphatic rings. The van der Waals surface area contributed by atoms with Crippen molar-refractivity contribution < 1.29 is 9.21 Å². The first kappa shape index (κ1) is 11.7. The van der Waals surface area contributed by atoms with Crippen LogP contribution in [0.3, 0.4) is 0 Å². The Morgan fingerprint density at radius 3 is 2.94 bits per heavy atom. The lowest BCUT2D eigenvalue weighted by Gasteiger charge is -2.25. The zero-order valence-corrected chi connectivity index (χ0v) is 10.4. The maximum Gasteiger partial charge on any atom is 0.273 e. The second-order valence-corrected chi connectivity index (χ2v) is 5.22. The van der Waals surface area contributed by atoms with Gasteiger partial charge < -0.3 is 15.1 Å². The fraction of sp³-hybridized carbons (Fsp3) is 0.692. The largest absolute Gasteiger partial charge is 0.448 e. The van der Waals surface area contributed by atoms with Crippen LogP contribution in [0, 0.1) is 0 Å². The Morgan fingerprint density at radius 2 is 2.28 bits per heavy atom. The number of piperidine rings is 1. The van der Waals surface area contributed by atoms with Crippen molar-refractivity contribution in [2.24, 2.45) is 0 Å². The molecular weight excluding hydrogens is 230 g/mol. The van der Waals surface area contributed by atoms with Crippen LogP contribution in [-0.2, 0) is 0 Å².